The van der Waals surface area contributed by atoms with E-state index in [1.807, 2.05) is 0 Å². The number of nitrogens with zero attached hydrogens (tertiary/aromatic N) is 4. The van der Waals surface area contributed by atoms with Crippen LogP contribution in [0.25, 0.3) is 17.3 Å². The smallest absolute Gasteiger partial charge is 0.873 e. The number of carbonyl (C=O) groups is 4. The van der Waals surface area contributed by atoms with E-state index in [1.165, 1.54) is 48.4 Å². The van der Waals surface area contributed by atoms with Gasteiger partial charge in [0.2, 0.25) is 6.10 Å². The molecule has 3 atom stereocenters. The van der Waals surface area contributed by atoms with Gasteiger partial charge in [-0.25, -0.2) is 14.6 Å². The number of nitrogens with two attached hydrogens (primary N) is 1. The number of aromatic nitrogens is 2. The molecular weight excluding hydrogens is 666 g/mol. The zero-order chi connectivity index (χ0) is 31.7. The predicted octanol–water partition coefficient (Wildman–Crippen LogP) is -5.82. The third kappa shape index (κ3) is 7.77. The van der Waals surface area contributed by atoms with Crippen molar-refractivity contribution in [1.82, 2.24) is 20.4 Å². The average Bonchev–Trinajstić information content (AvgIpc) is 3.64. The molecule has 1 unspecified atom stereocenters. The van der Waals surface area contributed by atoms with Crippen LogP contribution in [0.4, 0.5) is 5.13 Å². The number of thiazole rings is 1. The number of oxime groups is 1. The van der Waals surface area contributed by atoms with Gasteiger partial charge in [0.25, 0.3) is 11.8 Å². The van der Waals surface area contributed by atoms with Gasteiger partial charge in [0.1, 0.15) is 28.5 Å². The molecule has 0 aliphatic carbocycles. The van der Waals surface area contributed by atoms with Crippen molar-refractivity contribution in [3.63, 3.8) is 0 Å². The van der Waals surface area contributed by atoms with Gasteiger partial charge in [0.15, 0.2) is 16.6 Å². The first-order valence-electron chi connectivity index (χ1n) is 12.5. The van der Waals surface area contributed by atoms with Gasteiger partial charge in [-0.1, -0.05) is 34.6 Å². The molecule has 5 rings (SSSR count). The number of carbonyl (C=O) groups excluding carboxylic acids is 2. The van der Waals surface area contributed by atoms with Crippen LogP contribution in [-0.4, -0.2) is 78.0 Å². The number of fused-ring (bicyclic) bond motifs is 1. The van der Waals surface area contributed by atoms with E-state index in [2.05, 4.69) is 20.6 Å². The third-order valence-electron chi connectivity index (χ3n) is 6.33. The van der Waals surface area contributed by atoms with Crippen LogP contribution < -0.4 is 80.4 Å². The van der Waals surface area contributed by atoms with Crippen LogP contribution in [-0.2, 0) is 24.0 Å². The zero-order valence-corrected chi connectivity index (χ0v) is 30.0. The molecule has 2 aliphatic rings. The number of β-lactam (4-membered cyclic amide) rings is 1. The molecule has 0 radical (unpaired) electrons. The second-order valence-electron chi connectivity index (χ2n) is 9.25. The number of carboxylic acid groups (broad SMARTS) is 2. The topological polar surface area (TPSA) is 257 Å². The van der Waals surface area contributed by atoms with E-state index in [-0.39, 0.29) is 98.4 Å². The third-order valence-corrected chi connectivity index (χ3v) is 8.31. The molecule has 3 aromatic rings. The Balaban J connectivity index is 0.00000288. The molecule has 1 fully saturated rings. The van der Waals surface area contributed by atoms with Crippen molar-refractivity contribution in [3.05, 3.63) is 58.4 Å². The fourth-order valence-corrected chi connectivity index (χ4v) is 5.98. The van der Waals surface area contributed by atoms with Crippen LogP contribution >= 0.6 is 23.1 Å². The number of nitrogens with one attached hydrogen (secondary N) is 1. The Labute approximate surface area is 311 Å². The van der Waals surface area contributed by atoms with Crippen LogP contribution in [0, 0.1) is 0 Å². The molecule has 2 amide bonds. The van der Waals surface area contributed by atoms with Gasteiger partial charge in [0, 0.05) is 22.8 Å². The summed E-state index contributed by atoms with van der Waals surface area (Å²) in [6.07, 6.45) is 1.51. The largest absolute Gasteiger partial charge is 1.00 e. The van der Waals surface area contributed by atoms with Crippen molar-refractivity contribution in [2.45, 2.75) is 24.4 Å². The summed E-state index contributed by atoms with van der Waals surface area (Å²) in [5.74, 6) is -5.30. The summed E-state index contributed by atoms with van der Waals surface area (Å²) < 4.78 is 5.24. The number of benzene rings is 1. The van der Waals surface area contributed by atoms with E-state index >= 15 is 0 Å². The number of allylic oxidation sites excluding steroid dienone is 1. The van der Waals surface area contributed by atoms with Gasteiger partial charge in [-0.15, -0.1) is 34.6 Å². The maximum atomic E-state index is 13.1. The summed E-state index contributed by atoms with van der Waals surface area (Å²) in [5.41, 5.74) is 5.87. The molecule has 46 heavy (non-hydrogen) atoms. The molecule has 1 saturated heterocycles. The number of hydrogen-bond acceptors (Lipinski definition) is 14. The Morgan fingerprint density at radius 2 is 1.96 bits per heavy atom. The Bertz CT molecular complexity index is 1770. The van der Waals surface area contributed by atoms with E-state index in [1.54, 1.807) is 0 Å². The molecule has 2 aliphatic heterocycles. The molecule has 0 saturated carbocycles. The van der Waals surface area contributed by atoms with Crippen molar-refractivity contribution in [1.29, 1.82) is 0 Å². The number of hydrogen-bond donors (Lipinski definition) is 4. The summed E-state index contributed by atoms with van der Waals surface area (Å²) in [5, 5.41) is 52.8. The Kier molecular flexibility index (Phi) is 12.5. The summed E-state index contributed by atoms with van der Waals surface area (Å²) in [4.78, 5) is 59.5. The van der Waals surface area contributed by atoms with Crippen molar-refractivity contribution in [2.75, 3.05) is 11.5 Å². The van der Waals surface area contributed by atoms with Crippen LogP contribution in [0.5, 0.6) is 11.5 Å². The number of anilines is 1. The molecule has 228 valence electrons. The van der Waals surface area contributed by atoms with E-state index in [0.29, 0.717) is 5.56 Å². The van der Waals surface area contributed by atoms with E-state index < -0.39 is 58.5 Å². The Morgan fingerprint density at radius 1 is 1.22 bits per heavy atom. The maximum absolute atomic E-state index is 13.1. The predicted molar refractivity (Wildman–Crippen MR) is 151 cm³/mol. The van der Waals surface area contributed by atoms with E-state index in [4.69, 9.17) is 20.2 Å². The number of amides is 2. The van der Waals surface area contributed by atoms with E-state index in [0.717, 1.165) is 28.4 Å². The summed E-state index contributed by atoms with van der Waals surface area (Å²) >= 11 is 2.19. The van der Waals surface area contributed by atoms with Gasteiger partial charge < -0.3 is 40.8 Å². The first kappa shape index (κ1) is 37.1. The van der Waals surface area contributed by atoms with Gasteiger partial charge in [-0.05, 0) is 18.6 Å². The standard InChI is InChI=1S/C26H22N6O10S2.2Na/c1-10(24(37)38)41-31-18(15-9-44-26(27)28-15)21(35)29-19-22(36)32-20(25(39)40)12(8-43-23(19)32)2-4-13-7-14(30-42-13)11-3-5-16(33)17(34)6-11;;/h2-7,9-10,19,23,33-34H,8H2,1H3,(H2,27,28)(H,29,35)(H,37,38)(H,39,40);;/q;2*+1/p-2/b4-2+,31-18+;;/t10?,19-,23-;;/m1../s1. The molecule has 4 heterocycles. The van der Waals surface area contributed by atoms with Crippen LogP contribution in [0.15, 0.2) is 56.7 Å². The maximum Gasteiger partial charge on any atom is 1.00 e. The molecule has 16 nitrogen and oxygen atoms in total. The number of carboxylic acids is 2. The molecule has 1 aromatic carbocycles. The molecular formula is C26H20N6Na2O10S2. The number of rotatable bonds is 10. The van der Waals surface area contributed by atoms with Crippen LogP contribution in [0.3, 0.4) is 0 Å². The molecule has 2 aromatic heterocycles. The minimum absolute atomic E-state index is 0. The Morgan fingerprint density at radius 3 is 2.59 bits per heavy atom. The molecule has 0 bridgehead atoms. The van der Waals surface area contributed by atoms with Crippen molar-refractivity contribution in [2.24, 2.45) is 5.16 Å². The normalized spacial score (nSPS) is 18.2. The van der Waals surface area contributed by atoms with Crippen molar-refractivity contribution >= 4 is 63.8 Å². The molecule has 5 N–H and O–H groups in total. The fourth-order valence-electron chi connectivity index (χ4n) is 4.11. The van der Waals surface area contributed by atoms with Crippen LogP contribution in [0.1, 0.15) is 18.4 Å². The monoisotopic (exact) mass is 686 g/mol. The second-order valence-corrected chi connectivity index (χ2v) is 11.2. The van der Waals surface area contributed by atoms with Crippen molar-refractivity contribution < 1.29 is 108 Å². The SMILES string of the molecule is CC(O/N=C(/C(=O)N[C@@H]1C(=O)N2C(C(=O)O)=C(/C=C/c3cc(-c4ccc([O-])c([O-])c4)no3)CS[C@H]12)c1csc(N)n1)C(=O)O.[Na+].[Na+]. The van der Waals surface area contributed by atoms with Crippen LogP contribution in [0.2, 0.25) is 0 Å². The molecule has 0 spiro atoms. The first-order chi connectivity index (χ1) is 20.9. The summed E-state index contributed by atoms with van der Waals surface area (Å²) in [7, 11) is 0. The Hall–Kier alpha value is -3.36. The molecule has 20 heteroatoms. The number of nitrogen functional groups attached to an aromatic ring is 1. The average molecular weight is 687 g/mol. The minimum atomic E-state index is -1.39. The van der Waals surface area contributed by atoms with Gasteiger partial charge in [-0.2, -0.15) is 0 Å². The number of aliphatic carboxylic acids is 2. The summed E-state index contributed by atoms with van der Waals surface area (Å²) in [6, 6.07) is 4.04. The van der Waals surface area contributed by atoms with Gasteiger partial charge >= 0.3 is 71.1 Å². The fraction of sp³-hybridized carbons (Fsp3) is 0.192. The quantitative estimate of drug-likeness (QED) is 0.0671. The minimum Gasteiger partial charge on any atom is -0.873 e. The van der Waals surface area contributed by atoms with E-state index in [9.17, 15) is 34.5 Å². The van der Waals surface area contributed by atoms with Crippen molar-refractivity contribution in [3.8, 4) is 22.8 Å². The van der Waals surface area contributed by atoms with Gasteiger partial charge in [-0.3, -0.25) is 14.5 Å². The number of thioether (sulfide) groups is 1. The zero-order valence-electron chi connectivity index (χ0n) is 24.3. The summed E-state index contributed by atoms with van der Waals surface area (Å²) in [6.45, 7) is 1.20. The van der Waals surface area contributed by atoms with Gasteiger partial charge in [0.05, 0.1) is 0 Å². The second kappa shape index (κ2) is 15.5. The first-order valence-corrected chi connectivity index (χ1v) is 14.4.